The van der Waals surface area contributed by atoms with E-state index in [2.05, 4.69) is 21.3 Å². The summed E-state index contributed by atoms with van der Waals surface area (Å²) in [5.41, 5.74) is 14.6. The summed E-state index contributed by atoms with van der Waals surface area (Å²) in [6, 6.07) is 10.8. The Morgan fingerprint density at radius 3 is 2.50 bits per heavy atom. The zero-order valence-electron chi connectivity index (χ0n) is 21.4. The number of nitrogens with one attached hydrogen (secondary N) is 1. The van der Waals surface area contributed by atoms with E-state index in [0.29, 0.717) is 55.2 Å². The Hall–Kier alpha value is -3.67. The lowest BCUT2D eigenvalue weighted by Gasteiger charge is -2.16. The van der Waals surface area contributed by atoms with E-state index in [-0.39, 0.29) is 18.2 Å². The molecule has 0 bridgehead atoms. The average molecular weight is 509 g/mol. The van der Waals surface area contributed by atoms with Crippen molar-refractivity contribution in [2.45, 2.75) is 53.2 Å². The molecule has 4 rings (SSSR count). The third kappa shape index (κ3) is 6.11. The van der Waals surface area contributed by atoms with E-state index in [1.54, 1.807) is 37.4 Å². The van der Waals surface area contributed by atoms with Crippen molar-refractivity contribution in [2.75, 3.05) is 7.05 Å². The molecule has 0 saturated heterocycles. The van der Waals surface area contributed by atoms with Crippen LogP contribution in [0.5, 0.6) is 5.75 Å². The number of aliphatic imine (C=N–C) groups is 1. The third-order valence-electron chi connectivity index (χ3n) is 5.27. The predicted octanol–water partition coefficient (Wildman–Crippen LogP) is 4.92. The molecule has 9 heteroatoms. The lowest BCUT2D eigenvalue weighted by Crippen LogP contribution is -2.14. The molecule has 0 unspecified atom stereocenters. The maximum absolute atomic E-state index is 12.2. The number of nitrogens with two attached hydrogens (primary N) is 2. The van der Waals surface area contributed by atoms with Crippen LogP contribution in [0.2, 0.25) is 5.02 Å². The van der Waals surface area contributed by atoms with E-state index in [0.717, 1.165) is 12.8 Å². The van der Waals surface area contributed by atoms with Gasteiger partial charge < -0.3 is 16.2 Å². The van der Waals surface area contributed by atoms with E-state index in [9.17, 15) is 10.1 Å². The number of hydrogen-bond acceptors (Lipinski definition) is 7. The molecule has 1 fully saturated rings. The Kier molecular flexibility index (Phi) is 10.7. The van der Waals surface area contributed by atoms with Gasteiger partial charge in [-0.05, 0) is 36.6 Å². The first-order valence-electron chi connectivity index (χ1n) is 12.0. The fourth-order valence-electron chi connectivity index (χ4n) is 3.58. The Balaban J connectivity index is 0.00000109. The molecule has 5 N–H and O–H groups in total. The second kappa shape index (κ2) is 13.4. The Morgan fingerprint density at radius 1 is 1.25 bits per heavy atom. The van der Waals surface area contributed by atoms with Crippen molar-refractivity contribution in [3.63, 3.8) is 0 Å². The molecule has 0 amide bonds. The average Bonchev–Trinajstić information content (AvgIpc) is 3.73. The standard InChI is InChI=1S/C23H21ClN6O2.2C2H6/c1-28-22(17-7-13(24)8-21(19(17)10-26)32-14-3-4-14)18(9-25)12-2-5-15-16(6-12)20(11-27)29-30-23(15)31;2*1-2/h2,5-9,14H,3-4,11,25,27H2,1H3,(H,30,31);2*1-2H3/b18-9-,28-22?;;. The predicted molar refractivity (Wildman–Crippen MR) is 147 cm³/mol. The largest absolute Gasteiger partial charge is 0.489 e. The van der Waals surface area contributed by atoms with Crippen LogP contribution in [0.15, 0.2) is 46.3 Å². The number of aromatic nitrogens is 2. The molecule has 2 aromatic carbocycles. The number of allylic oxidation sites excluding steroid dienone is 1. The van der Waals surface area contributed by atoms with Gasteiger partial charge in [-0.1, -0.05) is 45.4 Å². The number of rotatable bonds is 6. The van der Waals surface area contributed by atoms with Gasteiger partial charge in [0.05, 0.1) is 22.9 Å². The molecule has 0 atom stereocenters. The smallest absolute Gasteiger partial charge is 0.272 e. The number of H-pyrrole nitrogens is 1. The zero-order valence-corrected chi connectivity index (χ0v) is 22.1. The van der Waals surface area contributed by atoms with Crippen LogP contribution in [0, 0.1) is 11.3 Å². The normalized spacial score (nSPS) is 13.2. The quantitative estimate of drug-likeness (QED) is 0.403. The maximum atomic E-state index is 12.2. The van der Waals surface area contributed by atoms with E-state index < -0.39 is 0 Å². The second-order valence-electron chi connectivity index (χ2n) is 7.37. The van der Waals surface area contributed by atoms with Gasteiger partial charge in [0.25, 0.3) is 5.56 Å². The third-order valence-corrected chi connectivity index (χ3v) is 5.49. The molecule has 3 aromatic rings. The van der Waals surface area contributed by atoms with Gasteiger partial charge in [-0.25, -0.2) is 5.10 Å². The van der Waals surface area contributed by atoms with Crippen LogP contribution >= 0.6 is 11.6 Å². The van der Waals surface area contributed by atoms with Crippen molar-refractivity contribution in [2.24, 2.45) is 16.5 Å². The van der Waals surface area contributed by atoms with Crippen LogP contribution in [-0.4, -0.2) is 29.1 Å². The van der Waals surface area contributed by atoms with Gasteiger partial charge in [0.2, 0.25) is 0 Å². The first-order valence-corrected chi connectivity index (χ1v) is 12.4. The van der Waals surface area contributed by atoms with Crippen molar-refractivity contribution < 1.29 is 4.74 Å². The minimum absolute atomic E-state index is 0.0979. The van der Waals surface area contributed by atoms with Crippen LogP contribution in [0.3, 0.4) is 0 Å². The molecule has 1 heterocycles. The summed E-state index contributed by atoms with van der Waals surface area (Å²) in [5.74, 6) is 0.426. The number of ether oxygens (including phenoxy) is 1. The Morgan fingerprint density at radius 2 is 1.94 bits per heavy atom. The summed E-state index contributed by atoms with van der Waals surface area (Å²) in [5, 5.41) is 17.9. The maximum Gasteiger partial charge on any atom is 0.272 e. The molecule has 0 radical (unpaired) electrons. The van der Waals surface area contributed by atoms with E-state index in [1.165, 1.54) is 6.20 Å². The van der Waals surface area contributed by atoms with Gasteiger partial charge in [0.1, 0.15) is 17.4 Å². The molecular weight excluding hydrogens is 476 g/mol. The molecule has 1 aromatic heterocycles. The molecule has 1 aliphatic rings. The molecule has 0 aliphatic heterocycles. The van der Waals surface area contributed by atoms with Gasteiger partial charge in [-0.15, -0.1) is 0 Å². The summed E-state index contributed by atoms with van der Waals surface area (Å²) in [4.78, 5) is 16.6. The lowest BCUT2D eigenvalue weighted by molar-refractivity contribution is 0.302. The molecule has 1 aliphatic carbocycles. The number of benzene rings is 2. The van der Waals surface area contributed by atoms with Crippen molar-refractivity contribution in [1.82, 2.24) is 10.2 Å². The van der Waals surface area contributed by atoms with Crippen molar-refractivity contribution in [3.05, 3.63) is 74.3 Å². The Labute approximate surface area is 216 Å². The molecule has 190 valence electrons. The van der Waals surface area contributed by atoms with Crippen molar-refractivity contribution in [3.8, 4) is 11.8 Å². The molecule has 36 heavy (non-hydrogen) atoms. The first-order chi connectivity index (χ1) is 17.5. The highest BCUT2D eigenvalue weighted by molar-refractivity contribution is 6.35. The van der Waals surface area contributed by atoms with Gasteiger partial charge in [0.15, 0.2) is 0 Å². The van der Waals surface area contributed by atoms with Gasteiger partial charge in [-0.3, -0.25) is 9.79 Å². The van der Waals surface area contributed by atoms with Crippen LogP contribution in [0.1, 0.15) is 62.9 Å². The SMILES string of the molecule is CC.CC.CN=C(/C(=C\N)c1ccc2c(=O)[nH]nc(CN)c2c1)c1cc(Cl)cc(OC2CC2)c1C#N. The van der Waals surface area contributed by atoms with Crippen LogP contribution in [0.25, 0.3) is 16.3 Å². The minimum Gasteiger partial charge on any atom is -0.489 e. The lowest BCUT2D eigenvalue weighted by atomic mass is 9.92. The second-order valence-corrected chi connectivity index (χ2v) is 7.81. The molecule has 1 saturated carbocycles. The summed E-state index contributed by atoms with van der Waals surface area (Å²) < 4.78 is 5.91. The summed E-state index contributed by atoms with van der Waals surface area (Å²) in [7, 11) is 1.61. The van der Waals surface area contributed by atoms with Crippen LogP contribution in [-0.2, 0) is 6.54 Å². The van der Waals surface area contributed by atoms with E-state index in [1.807, 2.05) is 27.7 Å². The van der Waals surface area contributed by atoms with Crippen molar-refractivity contribution >= 4 is 33.7 Å². The van der Waals surface area contributed by atoms with Gasteiger partial charge in [0, 0.05) is 47.4 Å². The van der Waals surface area contributed by atoms with Gasteiger partial charge >= 0.3 is 0 Å². The summed E-state index contributed by atoms with van der Waals surface area (Å²) in [6.45, 7) is 8.15. The topological polar surface area (TPSA) is 143 Å². The highest BCUT2D eigenvalue weighted by atomic mass is 35.5. The first kappa shape index (κ1) is 28.6. The molecular formula is C27H33ClN6O2. The van der Waals surface area contributed by atoms with Gasteiger partial charge in [-0.2, -0.15) is 10.4 Å². The van der Waals surface area contributed by atoms with Crippen LogP contribution in [0.4, 0.5) is 0 Å². The monoisotopic (exact) mass is 508 g/mol. The highest BCUT2D eigenvalue weighted by Crippen LogP contribution is 2.35. The summed E-state index contributed by atoms with van der Waals surface area (Å²) >= 11 is 6.36. The van der Waals surface area contributed by atoms with Crippen LogP contribution < -0.4 is 21.8 Å². The number of hydrogen-bond donors (Lipinski definition) is 3. The number of fused-ring (bicyclic) bond motifs is 1. The summed E-state index contributed by atoms with van der Waals surface area (Å²) in [6.07, 6.45) is 3.41. The number of nitrogens with zero attached hydrogens (tertiary/aromatic N) is 3. The fourth-order valence-corrected chi connectivity index (χ4v) is 3.79. The van der Waals surface area contributed by atoms with E-state index in [4.69, 9.17) is 27.8 Å². The fraction of sp³-hybridized carbons (Fsp3) is 0.333. The number of nitriles is 1. The molecule has 0 spiro atoms. The highest BCUT2D eigenvalue weighted by Gasteiger charge is 2.27. The van der Waals surface area contributed by atoms with Crippen molar-refractivity contribution in [1.29, 1.82) is 5.26 Å². The zero-order chi connectivity index (χ0) is 26.8. The number of halogens is 1. The minimum atomic E-state index is -0.310. The number of aromatic amines is 1. The Bertz CT molecular complexity index is 1370. The van der Waals surface area contributed by atoms with E-state index >= 15 is 0 Å². The molecule has 8 nitrogen and oxygen atoms in total.